The molecule has 222 valence electrons. The van der Waals surface area contributed by atoms with E-state index in [9.17, 15) is 18.3 Å². The number of para-hydroxylation sites is 2. The van der Waals surface area contributed by atoms with Gasteiger partial charge >= 0.3 is 0 Å². The van der Waals surface area contributed by atoms with Crippen molar-refractivity contribution in [3.05, 3.63) is 96.6 Å². The summed E-state index contributed by atoms with van der Waals surface area (Å²) in [7, 11) is -1.15. The molecule has 1 amide bonds. The van der Waals surface area contributed by atoms with Gasteiger partial charge in [-0.05, 0) is 48.0 Å². The molecule has 5 rings (SSSR count). The average Bonchev–Trinajstić information content (AvgIpc) is 2.97. The summed E-state index contributed by atoms with van der Waals surface area (Å²) in [6, 6.07) is 24.5. The fraction of sp³-hybridized carbons (Fsp3) is 0.129. The van der Waals surface area contributed by atoms with Crippen LogP contribution in [0.2, 0.25) is 0 Å². The number of sulfonamides is 1. The second-order valence-electron chi connectivity index (χ2n) is 9.16. The van der Waals surface area contributed by atoms with E-state index in [0.717, 1.165) is 5.56 Å². The lowest BCUT2D eigenvalue weighted by atomic mass is 10.1. The molecule has 0 saturated carbocycles. The molecule has 0 unspecified atom stereocenters. The maximum absolute atomic E-state index is 13.5. The zero-order valence-electron chi connectivity index (χ0n) is 22.7. The number of aromatic hydroxyl groups is 1. The van der Waals surface area contributed by atoms with Gasteiger partial charge in [-0.15, -0.1) is 0 Å². The minimum Gasteiger partial charge on any atom is -0.508 e. The van der Waals surface area contributed by atoms with Crippen LogP contribution in [0.25, 0.3) is 11.0 Å². The first-order chi connectivity index (χ1) is 20.2. The number of hydrogen-bond donors (Lipinski definition) is 4. The number of phenols is 1. The van der Waals surface area contributed by atoms with Crippen LogP contribution in [0.4, 0.5) is 23.0 Å². The van der Waals surface area contributed by atoms with Crippen molar-refractivity contribution in [3.63, 3.8) is 0 Å². The number of carbonyl (C=O) groups is 1. The summed E-state index contributed by atoms with van der Waals surface area (Å²) < 4.78 is 39.8. The number of fused-ring (bicyclic) bond motifs is 1. The molecule has 0 spiro atoms. The Balaban J connectivity index is 0.00000423. The fourth-order valence-electron chi connectivity index (χ4n) is 4.13. The highest BCUT2D eigenvalue weighted by atomic mass is 32.2. The first-order valence-corrected chi connectivity index (χ1v) is 14.2. The van der Waals surface area contributed by atoms with Crippen LogP contribution in [0.3, 0.4) is 0 Å². The van der Waals surface area contributed by atoms with Gasteiger partial charge in [0.05, 0.1) is 36.6 Å². The Morgan fingerprint density at radius 2 is 1.47 bits per heavy atom. The third-order valence-electron chi connectivity index (χ3n) is 6.14. The van der Waals surface area contributed by atoms with Crippen molar-refractivity contribution in [2.45, 2.75) is 18.7 Å². The third-order valence-corrected chi connectivity index (χ3v) is 7.48. The van der Waals surface area contributed by atoms with E-state index in [1.165, 1.54) is 37.4 Å². The zero-order valence-corrected chi connectivity index (χ0v) is 23.5. The molecule has 11 nitrogen and oxygen atoms in total. The number of carbonyl (C=O) groups excluding carboxylic acids is 1. The van der Waals surface area contributed by atoms with Crippen molar-refractivity contribution in [1.82, 2.24) is 9.97 Å². The first kappa shape index (κ1) is 30.6. The fourth-order valence-corrected chi connectivity index (χ4v) is 5.18. The second kappa shape index (κ2) is 13.1. The normalized spacial score (nSPS) is 10.8. The predicted octanol–water partition coefficient (Wildman–Crippen LogP) is 5.71. The van der Waals surface area contributed by atoms with Crippen LogP contribution in [0.15, 0.2) is 95.9 Å². The molecular formula is C31H31N5O6S. The highest BCUT2D eigenvalue weighted by Crippen LogP contribution is 2.31. The number of amides is 1. The lowest BCUT2D eigenvalue weighted by Crippen LogP contribution is -2.17. The molecule has 43 heavy (non-hydrogen) atoms. The molecule has 0 radical (unpaired) electrons. The largest absolute Gasteiger partial charge is 0.508 e. The van der Waals surface area contributed by atoms with Crippen molar-refractivity contribution in [3.8, 4) is 17.2 Å². The maximum atomic E-state index is 13.5. The van der Waals surface area contributed by atoms with E-state index in [0.29, 0.717) is 33.9 Å². The summed E-state index contributed by atoms with van der Waals surface area (Å²) in [5.41, 5.74) is 2.48. The summed E-state index contributed by atoms with van der Waals surface area (Å²) in [6.45, 7) is 0. The molecule has 4 N–H and O–H groups in total. The lowest BCUT2D eigenvalue weighted by molar-refractivity contribution is -0.115. The van der Waals surface area contributed by atoms with Gasteiger partial charge < -0.3 is 25.2 Å². The molecule has 5 aromatic rings. The summed E-state index contributed by atoms with van der Waals surface area (Å²) in [5, 5.41) is 15.8. The van der Waals surface area contributed by atoms with Crippen LogP contribution >= 0.6 is 0 Å². The van der Waals surface area contributed by atoms with Crippen molar-refractivity contribution in [2.75, 3.05) is 29.6 Å². The minimum absolute atomic E-state index is 0. The monoisotopic (exact) mass is 601 g/mol. The number of benzene rings is 4. The van der Waals surface area contributed by atoms with Gasteiger partial charge in [0.1, 0.15) is 17.2 Å². The van der Waals surface area contributed by atoms with Crippen LogP contribution in [0.1, 0.15) is 13.0 Å². The molecule has 0 fully saturated rings. The van der Waals surface area contributed by atoms with Crippen LogP contribution in [-0.2, 0) is 21.2 Å². The molecule has 1 heterocycles. The zero-order chi connectivity index (χ0) is 29.7. The first-order valence-electron chi connectivity index (χ1n) is 12.7. The standard InChI is InChI=1S/C30H27N5O6S.CH4/c1-40-23-12-10-19(11-13-23)14-28(37)31-20-6-5-7-25(17-20)42(38,39)35-30-29(33-26-8-3-4-9-27(26)34-30)32-21-15-22(36)18-24(16-21)41-2;/h3-13,15-18,36H,14H2,1-2H3,(H,31,37)(H,32,33)(H,34,35);1H4. The van der Waals surface area contributed by atoms with Crippen molar-refractivity contribution in [1.29, 1.82) is 0 Å². The number of aromatic nitrogens is 2. The Bertz CT molecular complexity index is 1860. The van der Waals surface area contributed by atoms with Crippen LogP contribution in [0.5, 0.6) is 17.2 Å². The minimum atomic E-state index is -4.17. The van der Waals surface area contributed by atoms with Crippen molar-refractivity contribution >= 4 is 50.0 Å². The number of anilines is 4. The van der Waals surface area contributed by atoms with Crippen molar-refractivity contribution < 1.29 is 27.8 Å². The highest BCUT2D eigenvalue weighted by Gasteiger charge is 2.20. The van der Waals surface area contributed by atoms with Gasteiger partial charge in [0.15, 0.2) is 11.6 Å². The quantitative estimate of drug-likeness (QED) is 0.158. The van der Waals surface area contributed by atoms with Gasteiger partial charge in [-0.25, -0.2) is 18.4 Å². The molecule has 0 aliphatic rings. The number of phenolic OH excluding ortho intramolecular Hbond substituents is 1. The lowest BCUT2D eigenvalue weighted by Gasteiger charge is -2.15. The second-order valence-corrected chi connectivity index (χ2v) is 10.8. The summed E-state index contributed by atoms with van der Waals surface area (Å²) in [4.78, 5) is 21.6. The van der Waals surface area contributed by atoms with Gasteiger partial charge in [-0.1, -0.05) is 37.8 Å². The summed E-state index contributed by atoms with van der Waals surface area (Å²) in [6.07, 6.45) is 0.0980. The van der Waals surface area contributed by atoms with E-state index < -0.39 is 10.0 Å². The predicted molar refractivity (Wildman–Crippen MR) is 167 cm³/mol. The molecular weight excluding hydrogens is 570 g/mol. The van der Waals surface area contributed by atoms with Gasteiger partial charge in [-0.3, -0.25) is 9.52 Å². The molecule has 0 saturated heterocycles. The average molecular weight is 602 g/mol. The summed E-state index contributed by atoms with van der Waals surface area (Å²) >= 11 is 0. The van der Waals surface area contributed by atoms with Crippen LogP contribution in [-0.4, -0.2) is 43.6 Å². The Kier molecular flexibility index (Phi) is 9.31. The van der Waals surface area contributed by atoms with E-state index in [1.54, 1.807) is 67.8 Å². The Morgan fingerprint density at radius 3 is 2.14 bits per heavy atom. The van der Waals surface area contributed by atoms with E-state index in [4.69, 9.17) is 9.47 Å². The molecule has 1 aromatic heterocycles. The smallest absolute Gasteiger partial charge is 0.263 e. The van der Waals surface area contributed by atoms with Gasteiger partial charge in [0.2, 0.25) is 5.91 Å². The van der Waals surface area contributed by atoms with Gasteiger partial charge in [-0.2, -0.15) is 0 Å². The topological polar surface area (TPSA) is 152 Å². The third kappa shape index (κ3) is 7.49. The maximum Gasteiger partial charge on any atom is 0.263 e. The molecule has 12 heteroatoms. The molecule has 0 aliphatic carbocycles. The van der Waals surface area contributed by atoms with Gasteiger partial charge in [0, 0.05) is 29.6 Å². The Hall–Kier alpha value is -5.36. The number of ether oxygens (including phenoxy) is 2. The van der Waals surface area contributed by atoms with E-state index in [2.05, 4.69) is 25.3 Å². The number of hydrogen-bond acceptors (Lipinski definition) is 9. The van der Waals surface area contributed by atoms with Gasteiger partial charge in [0.25, 0.3) is 10.0 Å². The summed E-state index contributed by atoms with van der Waals surface area (Å²) in [5.74, 6) is 0.744. The number of nitrogens with one attached hydrogen (secondary N) is 3. The Labute approximate surface area is 249 Å². The van der Waals surface area contributed by atoms with Crippen LogP contribution < -0.4 is 24.8 Å². The number of rotatable bonds is 10. The van der Waals surface area contributed by atoms with Crippen LogP contribution in [0, 0.1) is 0 Å². The van der Waals surface area contributed by atoms with E-state index in [-0.39, 0.29) is 42.0 Å². The number of nitrogens with zero attached hydrogens (tertiary/aromatic N) is 2. The van der Waals surface area contributed by atoms with E-state index in [1.807, 2.05) is 0 Å². The SMILES string of the molecule is C.COc1ccc(CC(=O)Nc2cccc(S(=O)(=O)Nc3nc4ccccc4nc3Nc3cc(O)cc(OC)c3)c2)cc1. The van der Waals surface area contributed by atoms with Crippen molar-refractivity contribution in [2.24, 2.45) is 0 Å². The Morgan fingerprint density at radius 1 is 0.791 bits per heavy atom. The molecule has 4 aromatic carbocycles. The highest BCUT2D eigenvalue weighted by molar-refractivity contribution is 7.92. The molecule has 0 aliphatic heterocycles. The van der Waals surface area contributed by atoms with E-state index >= 15 is 0 Å². The molecule has 0 atom stereocenters. The number of methoxy groups -OCH3 is 2. The molecule has 0 bridgehead atoms.